The highest BCUT2D eigenvalue weighted by Gasteiger charge is 2.51. The minimum absolute atomic E-state index is 0.0361. The van der Waals surface area contributed by atoms with Gasteiger partial charge in [0.1, 0.15) is 6.10 Å². The van der Waals surface area contributed by atoms with Crippen LogP contribution < -0.4 is 4.89 Å². The normalized spacial score (nSPS) is 35.8. The molecule has 2 aliphatic rings. The molecule has 4 nitrogen and oxygen atoms in total. The Kier molecular flexibility index (Phi) is 4.03. The van der Waals surface area contributed by atoms with E-state index in [1.807, 2.05) is 50.3 Å². The maximum atomic E-state index is 10.1. The average molecular weight is 294 g/mol. The molecule has 0 unspecified atom stereocenters. The molecule has 1 fully saturated rings. The van der Waals surface area contributed by atoms with E-state index in [0.29, 0.717) is 5.75 Å². The van der Waals surface area contributed by atoms with E-state index >= 15 is 0 Å². The zero-order valence-corrected chi connectivity index (χ0v) is 12.2. The first-order chi connectivity index (χ1) is 9.66. The third kappa shape index (κ3) is 2.86. The van der Waals surface area contributed by atoms with E-state index in [0.717, 1.165) is 4.91 Å². The number of aliphatic hydroxyl groups excluding tert-OH is 1. The number of benzene rings is 1. The lowest BCUT2D eigenvalue weighted by atomic mass is 9.93. The van der Waals surface area contributed by atoms with Gasteiger partial charge in [-0.15, -0.1) is 4.33 Å². The van der Waals surface area contributed by atoms with Gasteiger partial charge in [0, 0.05) is 16.7 Å². The van der Waals surface area contributed by atoms with Crippen LogP contribution in [0.5, 0.6) is 5.75 Å². The highest BCUT2D eigenvalue weighted by atomic mass is 32.2. The van der Waals surface area contributed by atoms with Crippen LogP contribution in [0.25, 0.3) is 0 Å². The van der Waals surface area contributed by atoms with Gasteiger partial charge in [-0.1, -0.05) is 38.1 Å². The Hall–Kier alpha value is -1.01. The van der Waals surface area contributed by atoms with Gasteiger partial charge in [-0.2, -0.15) is 0 Å². The van der Waals surface area contributed by atoms with Crippen molar-refractivity contribution in [3.63, 3.8) is 0 Å². The van der Waals surface area contributed by atoms with E-state index in [2.05, 4.69) is 0 Å². The molecule has 0 saturated carbocycles. The molecule has 1 saturated heterocycles. The Bertz CT molecular complexity index is 490. The highest BCUT2D eigenvalue weighted by molar-refractivity contribution is 7.98. The Balaban J connectivity index is 1.59. The molecule has 0 spiro atoms. The highest BCUT2D eigenvalue weighted by Crippen LogP contribution is 2.45. The summed E-state index contributed by atoms with van der Waals surface area (Å²) in [6, 6.07) is 9.34. The Morgan fingerprint density at radius 1 is 1.20 bits per heavy atom. The number of para-hydroxylation sites is 1. The minimum atomic E-state index is -0.377. The molecule has 1 aromatic carbocycles. The van der Waals surface area contributed by atoms with Crippen LogP contribution in [0, 0.1) is 11.8 Å². The summed E-state index contributed by atoms with van der Waals surface area (Å²) in [7, 11) is 0. The number of epoxide rings is 1. The minimum Gasteiger partial charge on any atom is -0.392 e. The topological polar surface area (TPSA) is 51.2 Å². The van der Waals surface area contributed by atoms with E-state index in [-0.39, 0.29) is 30.1 Å². The van der Waals surface area contributed by atoms with Crippen LogP contribution in [-0.4, -0.2) is 23.4 Å². The third-order valence-corrected chi connectivity index (χ3v) is 4.53. The fourth-order valence-electron chi connectivity index (χ4n) is 2.53. The van der Waals surface area contributed by atoms with Crippen LogP contribution in [0.2, 0.25) is 0 Å². The van der Waals surface area contributed by atoms with Crippen LogP contribution in [0.4, 0.5) is 0 Å². The lowest BCUT2D eigenvalue weighted by Crippen LogP contribution is -2.27. The van der Waals surface area contributed by atoms with Crippen molar-refractivity contribution in [2.75, 3.05) is 0 Å². The smallest absolute Gasteiger partial charge is 0.166 e. The molecule has 0 bridgehead atoms. The van der Waals surface area contributed by atoms with Gasteiger partial charge in [-0.3, -0.25) is 0 Å². The van der Waals surface area contributed by atoms with Crippen molar-refractivity contribution in [2.45, 2.75) is 32.2 Å². The molecule has 5 heteroatoms. The molecule has 1 N–H and O–H groups in total. The molecule has 1 aliphatic carbocycles. The standard InChI is InChI=1S/C15H18O4S/c1-9-8-12(15-14(17-15)10(2)13(9)16)20-19-18-11-6-4-3-5-7-11/h3-10,13-16H,1-2H3/t9-,10+,13+,14-,15+/m0/s1. The van der Waals surface area contributed by atoms with Crippen molar-refractivity contribution >= 4 is 12.0 Å². The first kappa shape index (κ1) is 13.9. The Labute approximate surface area is 122 Å². The van der Waals surface area contributed by atoms with Crippen LogP contribution in [0.1, 0.15) is 13.8 Å². The number of fused-ring (bicyclic) bond motifs is 1. The zero-order chi connectivity index (χ0) is 14.1. The predicted molar refractivity (Wildman–Crippen MR) is 76.8 cm³/mol. The monoisotopic (exact) mass is 294 g/mol. The van der Waals surface area contributed by atoms with E-state index in [4.69, 9.17) is 14.0 Å². The maximum absolute atomic E-state index is 10.1. The van der Waals surface area contributed by atoms with Gasteiger partial charge in [0.05, 0.1) is 24.3 Å². The molecule has 5 atom stereocenters. The van der Waals surface area contributed by atoms with Crippen LogP contribution >= 0.6 is 12.0 Å². The first-order valence-electron chi connectivity index (χ1n) is 6.78. The van der Waals surface area contributed by atoms with Crippen molar-refractivity contribution < 1.29 is 19.1 Å². The second-order valence-electron chi connectivity index (χ2n) is 5.35. The number of aliphatic hydroxyl groups is 1. The van der Waals surface area contributed by atoms with Gasteiger partial charge in [0.25, 0.3) is 0 Å². The molecule has 0 amide bonds. The molecule has 0 aromatic heterocycles. The fraction of sp³-hybridized carbons (Fsp3) is 0.467. The fourth-order valence-corrected chi connectivity index (χ4v) is 3.27. The SMILES string of the molecule is C[C@@H]1[C@H](O)[C@@H](C)C=C(SOOc2ccccc2)[C@H]2O[C@@H]12. The lowest BCUT2D eigenvalue weighted by molar-refractivity contribution is -0.0770. The van der Waals surface area contributed by atoms with E-state index in [1.165, 1.54) is 12.0 Å². The van der Waals surface area contributed by atoms with Gasteiger partial charge < -0.3 is 14.7 Å². The van der Waals surface area contributed by atoms with Crippen molar-refractivity contribution in [3.05, 3.63) is 41.3 Å². The summed E-state index contributed by atoms with van der Waals surface area (Å²) in [4.78, 5) is 6.18. The summed E-state index contributed by atoms with van der Waals surface area (Å²) in [6.07, 6.45) is 1.76. The molecule has 108 valence electrons. The van der Waals surface area contributed by atoms with Gasteiger partial charge >= 0.3 is 0 Å². The predicted octanol–water partition coefficient (Wildman–Crippen LogP) is 2.94. The summed E-state index contributed by atoms with van der Waals surface area (Å²) in [5, 5.41) is 10.1. The summed E-state index contributed by atoms with van der Waals surface area (Å²) < 4.78 is 10.8. The van der Waals surface area contributed by atoms with E-state index in [9.17, 15) is 5.11 Å². The molecule has 0 radical (unpaired) electrons. The number of rotatable bonds is 4. The van der Waals surface area contributed by atoms with Crippen molar-refractivity contribution in [3.8, 4) is 5.75 Å². The number of ether oxygens (including phenoxy) is 1. The molecule has 1 heterocycles. The molecule has 3 rings (SSSR count). The second kappa shape index (κ2) is 5.77. The molecular weight excluding hydrogens is 276 g/mol. The molecule has 20 heavy (non-hydrogen) atoms. The van der Waals surface area contributed by atoms with E-state index in [1.54, 1.807) is 0 Å². The van der Waals surface area contributed by atoms with Crippen LogP contribution in [0.15, 0.2) is 41.3 Å². The van der Waals surface area contributed by atoms with Crippen molar-refractivity contribution in [1.29, 1.82) is 0 Å². The van der Waals surface area contributed by atoms with Gasteiger partial charge in [-0.05, 0) is 12.1 Å². The van der Waals surface area contributed by atoms with E-state index < -0.39 is 0 Å². The van der Waals surface area contributed by atoms with Crippen molar-refractivity contribution in [2.24, 2.45) is 11.8 Å². The lowest BCUT2D eigenvalue weighted by Gasteiger charge is -2.19. The Morgan fingerprint density at radius 3 is 2.70 bits per heavy atom. The average Bonchev–Trinajstić information content (AvgIpc) is 3.26. The summed E-state index contributed by atoms with van der Waals surface area (Å²) in [6.45, 7) is 4.03. The van der Waals surface area contributed by atoms with Gasteiger partial charge in [0.2, 0.25) is 0 Å². The van der Waals surface area contributed by atoms with Crippen LogP contribution in [0.3, 0.4) is 0 Å². The Morgan fingerprint density at radius 2 is 1.95 bits per heavy atom. The van der Waals surface area contributed by atoms with Crippen molar-refractivity contribution in [1.82, 2.24) is 0 Å². The third-order valence-electron chi connectivity index (χ3n) is 3.83. The molecule has 1 aromatic rings. The maximum Gasteiger partial charge on any atom is 0.166 e. The zero-order valence-electron chi connectivity index (χ0n) is 11.4. The van der Waals surface area contributed by atoms with Gasteiger partial charge in [-0.25, -0.2) is 0 Å². The summed E-state index contributed by atoms with van der Waals surface area (Å²) in [5.41, 5.74) is 0. The quantitative estimate of drug-likeness (QED) is 0.400. The number of hydrogen-bond acceptors (Lipinski definition) is 5. The van der Waals surface area contributed by atoms with Gasteiger partial charge in [0.15, 0.2) is 5.75 Å². The molecule has 1 aliphatic heterocycles. The first-order valence-corrected chi connectivity index (χ1v) is 7.52. The largest absolute Gasteiger partial charge is 0.392 e. The summed E-state index contributed by atoms with van der Waals surface area (Å²) in [5.74, 6) is 0.882. The summed E-state index contributed by atoms with van der Waals surface area (Å²) >= 11 is 1.17. The second-order valence-corrected chi connectivity index (χ2v) is 6.12. The van der Waals surface area contributed by atoms with Crippen LogP contribution in [-0.2, 0) is 9.07 Å². The molecular formula is C15H18O4S. The number of hydrogen-bond donors (Lipinski definition) is 1.